The number of ketones is 1. The molecule has 1 nitrogen and oxygen atoms in total. The first-order chi connectivity index (χ1) is 16.2. The van der Waals surface area contributed by atoms with Crippen molar-refractivity contribution in [3.63, 3.8) is 0 Å². The number of fused-ring (bicyclic) bond motifs is 13. The van der Waals surface area contributed by atoms with E-state index in [0.717, 1.165) is 0 Å². The predicted molar refractivity (Wildman–Crippen MR) is 139 cm³/mol. The van der Waals surface area contributed by atoms with Crippen LogP contribution >= 0.6 is 0 Å². The van der Waals surface area contributed by atoms with E-state index < -0.39 is 0 Å². The van der Waals surface area contributed by atoms with Crippen LogP contribution in [0, 0.1) is 0 Å². The number of hydrogen-bond donors (Lipinski definition) is 0. The van der Waals surface area contributed by atoms with Gasteiger partial charge in [-0.2, -0.15) is 0 Å². The summed E-state index contributed by atoms with van der Waals surface area (Å²) in [7, 11) is 0. The smallest absolute Gasteiger partial charge is 0.130 e. The van der Waals surface area contributed by atoms with Crippen molar-refractivity contribution in [2.45, 2.75) is 19.3 Å². The molecule has 1 aliphatic carbocycles. The Morgan fingerprint density at radius 2 is 0.818 bits per heavy atom. The average Bonchev–Trinajstić information content (AvgIpc) is 3.19. The van der Waals surface area contributed by atoms with E-state index in [9.17, 15) is 4.79 Å². The third-order valence-corrected chi connectivity index (χ3v) is 7.38. The van der Waals surface area contributed by atoms with Crippen molar-refractivity contribution >= 4 is 48.9 Å². The minimum atomic E-state index is 0.0523. The van der Waals surface area contributed by atoms with Crippen LogP contribution in [-0.4, -0.2) is 5.78 Å². The van der Waals surface area contributed by atoms with Crippen molar-refractivity contribution in [1.29, 1.82) is 0 Å². The van der Waals surface area contributed by atoms with Gasteiger partial charge in [-0.3, -0.25) is 4.79 Å². The van der Waals surface area contributed by atoms with Crippen molar-refractivity contribution in [2.24, 2.45) is 0 Å². The highest BCUT2D eigenvalue weighted by Gasteiger charge is 2.36. The van der Waals surface area contributed by atoms with Gasteiger partial charge in [-0.1, -0.05) is 97.1 Å². The Hall–Kier alpha value is -3.97. The summed E-state index contributed by atoms with van der Waals surface area (Å²) < 4.78 is 0. The first-order valence-electron chi connectivity index (χ1n) is 11.6. The van der Waals surface area contributed by atoms with Crippen LogP contribution in [0.15, 0.2) is 97.1 Å². The van der Waals surface area contributed by atoms with Gasteiger partial charge >= 0.3 is 0 Å². The molecule has 0 radical (unpaired) electrons. The van der Waals surface area contributed by atoms with E-state index in [0.29, 0.717) is 6.42 Å². The molecular weight excluding hydrogens is 400 g/mol. The quantitative estimate of drug-likeness (QED) is 0.256. The zero-order chi connectivity index (χ0) is 22.1. The van der Waals surface area contributed by atoms with Gasteiger partial charge in [0, 0.05) is 12.3 Å². The summed E-state index contributed by atoms with van der Waals surface area (Å²) in [5.74, 6) is 0.282. The lowest BCUT2D eigenvalue weighted by Gasteiger charge is -2.17. The van der Waals surface area contributed by atoms with Gasteiger partial charge in [0.05, 0.1) is 0 Å². The number of carbonyl (C=O) groups excluding carboxylic acids is 1. The maximum atomic E-state index is 12.6. The molecule has 1 aliphatic rings. The lowest BCUT2D eigenvalue weighted by Crippen LogP contribution is -2.04. The van der Waals surface area contributed by atoms with E-state index in [2.05, 4.69) is 97.1 Å². The van der Waals surface area contributed by atoms with Crippen LogP contribution in [-0.2, 0) is 4.79 Å². The molecule has 0 saturated heterocycles. The molecule has 0 fully saturated rings. The highest BCUT2D eigenvalue weighted by atomic mass is 16.1. The number of carbonyl (C=O) groups is 1. The standard InChI is InChI=1S/C32H22O/c1-19(33)18-28-29-24-14-6-2-10-20(24)22-12-4-8-16-26(22)31(29)32-27-17-9-5-13-23(27)21-11-3-7-15-25(21)30(28)32/h2-17,28H,18H2,1H3. The van der Waals surface area contributed by atoms with Gasteiger partial charge in [-0.05, 0) is 72.3 Å². The van der Waals surface area contributed by atoms with Crippen LogP contribution in [0.2, 0.25) is 0 Å². The van der Waals surface area contributed by atoms with Gasteiger partial charge in [0.15, 0.2) is 0 Å². The Labute approximate surface area is 192 Å². The minimum Gasteiger partial charge on any atom is -0.300 e. The molecule has 0 atom stereocenters. The van der Waals surface area contributed by atoms with Crippen LogP contribution in [0.4, 0.5) is 0 Å². The number of Topliss-reactive ketones (excluding diaryl/α,β-unsaturated/α-hetero) is 1. The van der Waals surface area contributed by atoms with E-state index in [1.54, 1.807) is 6.92 Å². The van der Waals surface area contributed by atoms with Crippen LogP contribution < -0.4 is 0 Å². The van der Waals surface area contributed by atoms with Gasteiger partial charge in [0.25, 0.3) is 0 Å². The number of benzene rings is 6. The molecule has 156 valence electrons. The van der Waals surface area contributed by atoms with E-state index >= 15 is 0 Å². The topological polar surface area (TPSA) is 17.1 Å². The van der Waals surface area contributed by atoms with Crippen molar-refractivity contribution < 1.29 is 4.79 Å². The summed E-state index contributed by atoms with van der Waals surface area (Å²) in [5, 5.41) is 10.2. The second-order valence-electron chi connectivity index (χ2n) is 9.22. The molecule has 0 aromatic heterocycles. The van der Waals surface area contributed by atoms with Gasteiger partial charge in [-0.15, -0.1) is 0 Å². The second-order valence-corrected chi connectivity index (χ2v) is 9.22. The Balaban J connectivity index is 1.80. The van der Waals surface area contributed by atoms with Crippen molar-refractivity contribution in [3.05, 3.63) is 108 Å². The molecule has 0 bridgehead atoms. The summed E-state index contributed by atoms with van der Waals surface area (Å²) in [6, 6.07) is 34.9. The molecule has 0 unspecified atom stereocenters. The minimum absolute atomic E-state index is 0.0523. The lowest BCUT2D eigenvalue weighted by molar-refractivity contribution is -0.117. The van der Waals surface area contributed by atoms with E-state index in [4.69, 9.17) is 0 Å². The van der Waals surface area contributed by atoms with E-state index in [1.807, 2.05) is 0 Å². The Morgan fingerprint density at radius 3 is 1.18 bits per heavy atom. The zero-order valence-electron chi connectivity index (χ0n) is 18.4. The van der Waals surface area contributed by atoms with Gasteiger partial charge in [0.1, 0.15) is 5.78 Å². The van der Waals surface area contributed by atoms with Crippen molar-refractivity contribution in [1.82, 2.24) is 0 Å². The van der Waals surface area contributed by atoms with Crippen molar-refractivity contribution in [2.75, 3.05) is 0 Å². The first-order valence-corrected chi connectivity index (χ1v) is 11.6. The molecule has 1 heteroatoms. The molecule has 0 amide bonds. The second kappa shape index (κ2) is 6.76. The average molecular weight is 423 g/mol. The molecule has 0 saturated carbocycles. The highest BCUT2D eigenvalue weighted by Crippen LogP contribution is 2.57. The van der Waals surface area contributed by atoms with E-state index in [-0.39, 0.29) is 11.7 Å². The third-order valence-electron chi connectivity index (χ3n) is 7.38. The molecule has 0 aliphatic heterocycles. The van der Waals surface area contributed by atoms with Crippen molar-refractivity contribution in [3.8, 4) is 11.1 Å². The summed E-state index contributed by atoms with van der Waals surface area (Å²) >= 11 is 0. The first kappa shape index (κ1) is 18.6. The molecule has 0 heterocycles. The molecule has 0 N–H and O–H groups in total. The largest absolute Gasteiger partial charge is 0.300 e. The molecule has 6 aromatic carbocycles. The fourth-order valence-electron chi connectivity index (χ4n) is 6.24. The number of hydrogen-bond acceptors (Lipinski definition) is 1. The third kappa shape index (κ3) is 2.45. The SMILES string of the molecule is CC(=O)CC1c2c(c3ccccc3c3ccccc23)-c2c1c1ccccc1c1ccccc21. The summed E-state index contributed by atoms with van der Waals surface area (Å²) in [6.45, 7) is 1.73. The van der Waals surface area contributed by atoms with Crippen LogP contribution in [0.1, 0.15) is 30.4 Å². The summed E-state index contributed by atoms with van der Waals surface area (Å²) in [4.78, 5) is 12.6. The maximum Gasteiger partial charge on any atom is 0.130 e. The fourth-order valence-corrected chi connectivity index (χ4v) is 6.24. The van der Waals surface area contributed by atoms with Crippen LogP contribution in [0.25, 0.3) is 54.2 Å². The summed E-state index contributed by atoms with van der Waals surface area (Å²) in [6.07, 6.45) is 0.519. The Bertz CT molecular complexity index is 1650. The molecular formula is C32H22O. The van der Waals surface area contributed by atoms with Crippen LogP contribution in [0.5, 0.6) is 0 Å². The van der Waals surface area contributed by atoms with E-state index in [1.165, 1.54) is 65.3 Å². The monoisotopic (exact) mass is 422 g/mol. The van der Waals surface area contributed by atoms with Gasteiger partial charge in [-0.25, -0.2) is 0 Å². The number of rotatable bonds is 2. The lowest BCUT2D eigenvalue weighted by atomic mass is 9.85. The Morgan fingerprint density at radius 1 is 0.515 bits per heavy atom. The van der Waals surface area contributed by atoms with Crippen LogP contribution in [0.3, 0.4) is 0 Å². The zero-order valence-corrected chi connectivity index (χ0v) is 18.4. The van der Waals surface area contributed by atoms with Gasteiger partial charge < -0.3 is 0 Å². The predicted octanol–water partition coefficient (Wildman–Crippen LogP) is 8.39. The van der Waals surface area contributed by atoms with Gasteiger partial charge in [0.2, 0.25) is 0 Å². The summed E-state index contributed by atoms with van der Waals surface area (Å²) in [5.41, 5.74) is 5.26. The maximum absolute atomic E-state index is 12.6. The fraction of sp³-hybridized carbons (Fsp3) is 0.0938. The highest BCUT2D eigenvalue weighted by molar-refractivity contribution is 6.25. The molecule has 33 heavy (non-hydrogen) atoms. The normalized spacial score (nSPS) is 13.1. The molecule has 6 aromatic rings. The molecule has 7 rings (SSSR count). The molecule has 0 spiro atoms. The Kier molecular flexibility index (Phi) is 3.81.